The molecule has 0 aromatic carbocycles. The molecule has 1 unspecified atom stereocenters. The van der Waals surface area contributed by atoms with Crippen LogP contribution in [-0.4, -0.2) is 30.4 Å². The van der Waals surface area contributed by atoms with E-state index in [-0.39, 0.29) is 24.3 Å². The standard InChI is InChI=1S/C9H17N3O2/c1-6(11-5-4-8(10)13)9(14)12-7-2-3-7/h6-7,11H,2-5H2,1H3,(H2,10,13)(H,12,14). The number of carbonyl (C=O) groups excluding carboxylic acids is 2. The highest BCUT2D eigenvalue weighted by Crippen LogP contribution is 2.18. The quantitative estimate of drug-likeness (QED) is 0.519. The molecule has 80 valence electrons. The van der Waals surface area contributed by atoms with Crippen LogP contribution in [0.3, 0.4) is 0 Å². The van der Waals surface area contributed by atoms with Gasteiger partial charge in [-0.15, -0.1) is 0 Å². The lowest BCUT2D eigenvalue weighted by molar-refractivity contribution is -0.123. The van der Waals surface area contributed by atoms with Gasteiger partial charge in [-0.3, -0.25) is 9.59 Å². The fraction of sp³-hybridized carbons (Fsp3) is 0.778. The van der Waals surface area contributed by atoms with Crippen LogP contribution < -0.4 is 16.4 Å². The van der Waals surface area contributed by atoms with Gasteiger partial charge < -0.3 is 16.4 Å². The molecule has 1 saturated carbocycles. The minimum Gasteiger partial charge on any atom is -0.370 e. The maximum atomic E-state index is 11.4. The lowest BCUT2D eigenvalue weighted by Crippen LogP contribution is -2.43. The summed E-state index contributed by atoms with van der Waals surface area (Å²) in [5, 5.41) is 5.81. The number of nitrogens with two attached hydrogens (primary N) is 1. The molecule has 0 heterocycles. The molecule has 0 radical (unpaired) electrons. The monoisotopic (exact) mass is 199 g/mol. The third kappa shape index (κ3) is 4.23. The first-order valence-electron chi connectivity index (χ1n) is 4.91. The van der Waals surface area contributed by atoms with Crippen molar-refractivity contribution in [3.05, 3.63) is 0 Å². The van der Waals surface area contributed by atoms with Crippen molar-refractivity contribution in [2.75, 3.05) is 6.54 Å². The molecule has 2 amide bonds. The van der Waals surface area contributed by atoms with Crippen LogP contribution in [-0.2, 0) is 9.59 Å². The zero-order chi connectivity index (χ0) is 10.6. The molecular weight excluding hydrogens is 182 g/mol. The van der Waals surface area contributed by atoms with E-state index in [1.807, 2.05) is 0 Å². The van der Waals surface area contributed by atoms with Crippen LogP contribution in [0.25, 0.3) is 0 Å². The zero-order valence-electron chi connectivity index (χ0n) is 8.38. The Kier molecular flexibility index (Phi) is 3.88. The van der Waals surface area contributed by atoms with E-state index >= 15 is 0 Å². The minimum absolute atomic E-state index is 0.00281. The van der Waals surface area contributed by atoms with Crippen molar-refractivity contribution in [2.45, 2.75) is 38.3 Å². The van der Waals surface area contributed by atoms with Gasteiger partial charge in [0.05, 0.1) is 6.04 Å². The van der Waals surface area contributed by atoms with E-state index in [0.717, 1.165) is 12.8 Å². The number of nitrogens with one attached hydrogen (secondary N) is 2. The van der Waals surface area contributed by atoms with Crippen LogP contribution in [0.4, 0.5) is 0 Å². The highest BCUT2D eigenvalue weighted by Gasteiger charge is 2.25. The van der Waals surface area contributed by atoms with Crippen molar-refractivity contribution in [3.8, 4) is 0 Å². The Balaban J connectivity index is 2.09. The van der Waals surface area contributed by atoms with Gasteiger partial charge >= 0.3 is 0 Å². The maximum absolute atomic E-state index is 11.4. The molecule has 0 bridgehead atoms. The molecule has 0 spiro atoms. The van der Waals surface area contributed by atoms with Crippen LogP contribution in [0, 0.1) is 0 Å². The highest BCUT2D eigenvalue weighted by atomic mass is 16.2. The summed E-state index contributed by atoms with van der Waals surface area (Å²) in [5.74, 6) is -0.357. The number of amides is 2. The Morgan fingerprint density at radius 1 is 1.50 bits per heavy atom. The molecule has 1 rings (SSSR count). The number of carbonyl (C=O) groups is 2. The van der Waals surface area contributed by atoms with Gasteiger partial charge in [-0.25, -0.2) is 0 Å². The second-order valence-corrected chi connectivity index (χ2v) is 3.67. The van der Waals surface area contributed by atoms with Gasteiger partial charge in [0.2, 0.25) is 11.8 Å². The van der Waals surface area contributed by atoms with Crippen molar-refractivity contribution in [2.24, 2.45) is 5.73 Å². The molecule has 5 heteroatoms. The van der Waals surface area contributed by atoms with Gasteiger partial charge in [0.15, 0.2) is 0 Å². The first-order chi connectivity index (χ1) is 6.59. The Hall–Kier alpha value is -1.10. The number of hydrogen-bond donors (Lipinski definition) is 3. The van der Waals surface area contributed by atoms with Crippen molar-refractivity contribution in [1.82, 2.24) is 10.6 Å². The largest absolute Gasteiger partial charge is 0.370 e. The van der Waals surface area contributed by atoms with Crippen LogP contribution >= 0.6 is 0 Å². The summed E-state index contributed by atoms with van der Waals surface area (Å²) in [4.78, 5) is 21.8. The van der Waals surface area contributed by atoms with E-state index in [0.29, 0.717) is 12.6 Å². The molecule has 1 atom stereocenters. The van der Waals surface area contributed by atoms with E-state index in [2.05, 4.69) is 10.6 Å². The van der Waals surface area contributed by atoms with Crippen molar-refractivity contribution < 1.29 is 9.59 Å². The zero-order valence-corrected chi connectivity index (χ0v) is 8.38. The topological polar surface area (TPSA) is 84.2 Å². The second kappa shape index (κ2) is 4.95. The predicted molar refractivity (Wildman–Crippen MR) is 52.4 cm³/mol. The number of hydrogen-bond acceptors (Lipinski definition) is 3. The van der Waals surface area contributed by atoms with Gasteiger partial charge in [-0.05, 0) is 19.8 Å². The fourth-order valence-corrected chi connectivity index (χ4v) is 1.06. The third-order valence-corrected chi connectivity index (χ3v) is 2.14. The van der Waals surface area contributed by atoms with Crippen molar-refractivity contribution >= 4 is 11.8 Å². The van der Waals surface area contributed by atoms with E-state index < -0.39 is 0 Å². The van der Waals surface area contributed by atoms with Crippen LogP contribution in [0.2, 0.25) is 0 Å². The van der Waals surface area contributed by atoms with Crippen molar-refractivity contribution in [1.29, 1.82) is 0 Å². The molecule has 0 aromatic rings. The first kappa shape index (κ1) is 11.0. The maximum Gasteiger partial charge on any atom is 0.237 e. The fourth-order valence-electron chi connectivity index (χ4n) is 1.06. The van der Waals surface area contributed by atoms with Gasteiger partial charge in [-0.2, -0.15) is 0 Å². The van der Waals surface area contributed by atoms with E-state index in [4.69, 9.17) is 5.73 Å². The average Bonchev–Trinajstić information content (AvgIpc) is 2.87. The molecule has 5 nitrogen and oxygen atoms in total. The first-order valence-corrected chi connectivity index (χ1v) is 4.91. The smallest absolute Gasteiger partial charge is 0.237 e. The van der Waals surface area contributed by atoms with Gasteiger partial charge in [0, 0.05) is 19.0 Å². The molecule has 14 heavy (non-hydrogen) atoms. The SMILES string of the molecule is CC(NCCC(N)=O)C(=O)NC1CC1. The molecule has 1 aliphatic rings. The lowest BCUT2D eigenvalue weighted by Gasteiger charge is -2.12. The summed E-state index contributed by atoms with van der Waals surface area (Å²) < 4.78 is 0. The lowest BCUT2D eigenvalue weighted by atomic mass is 10.3. The molecule has 0 aromatic heterocycles. The second-order valence-electron chi connectivity index (χ2n) is 3.67. The Morgan fingerprint density at radius 3 is 2.64 bits per heavy atom. The van der Waals surface area contributed by atoms with Crippen molar-refractivity contribution in [3.63, 3.8) is 0 Å². The summed E-state index contributed by atoms with van der Waals surface area (Å²) in [6.07, 6.45) is 2.43. The molecule has 1 aliphatic carbocycles. The summed E-state index contributed by atoms with van der Waals surface area (Å²) in [6.45, 7) is 2.23. The molecule has 1 fully saturated rings. The highest BCUT2D eigenvalue weighted by molar-refractivity contribution is 5.82. The van der Waals surface area contributed by atoms with Crippen LogP contribution in [0.1, 0.15) is 26.2 Å². The molecular formula is C9H17N3O2. The van der Waals surface area contributed by atoms with E-state index in [9.17, 15) is 9.59 Å². The van der Waals surface area contributed by atoms with Gasteiger partial charge in [0.1, 0.15) is 0 Å². The Bertz CT molecular complexity index is 226. The molecule has 4 N–H and O–H groups in total. The molecule has 0 saturated heterocycles. The number of rotatable bonds is 6. The molecule has 0 aliphatic heterocycles. The average molecular weight is 199 g/mol. The normalized spacial score (nSPS) is 17.5. The summed E-state index contributed by atoms with van der Waals surface area (Å²) in [7, 11) is 0. The van der Waals surface area contributed by atoms with E-state index in [1.54, 1.807) is 6.92 Å². The van der Waals surface area contributed by atoms with Gasteiger partial charge in [0.25, 0.3) is 0 Å². The van der Waals surface area contributed by atoms with Gasteiger partial charge in [-0.1, -0.05) is 0 Å². The summed E-state index contributed by atoms with van der Waals surface area (Å²) in [6, 6.07) is 0.123. The van der Waals surface area contributed by atoms with E-state index in [1.165, 1.54) is 0 Å². The minimum atomic E-state index is -0.354. The van der Waals surface area contributed by atoms with Crippen LogP contribution in [0.5, 0.6) is 0 Å². The summed E-state index contributed by atoms with van der Waals surface area (Å²) in [5.41, 5.74) is 4.97. The Labute approximate surface area is 83.4 Å². The third-order valence-electron chi connectivity index (χ3n) is 2.14. The number of primary amides is 1. The summed E-state index contributed by atoms with van der Waals surface area (Å²) >= 11 is 0. The Morgan fingerprint density at radius 2 is 2.14 bits per heavy atom. The predicted octanol–water partition coefficient (Wildman–Crippen LogP) is -0.881. The van der Waals surface area contributed by atoms with Crippen LogP contribution in [0.15, 0.2) is 0 Å².